The van der Waals surface area contributed by atoms with Gasteiger partial charge in [0, 0.05) is 30.5 Å². The lowest BCUT2D eigenvalue weighted by atomic mass is 9.81. The van der Waals surface area contributed by atoms with Crippen molar-refractivity contribution in [3.63, 3.8) is 0 Å². The average molecular weight is 273 g/mol. The van der Waals surface area contributed by atoms with E-state index in [0.717, 1.165) is 30.9 Å². The number of furan rings is 1. The standard InChI is InChI=1S/C18H27NO/c1-6-16-15(11-19-12-18(4,5)13(2)3)14-9-7-8-10-17(14)20-16/h7-10,13,19H,6,11-12H2,1-5H3. The summed E-state index contributed by atoms with van der Waals surface area (Å²) in [5, 5.41) is 4.87. The minimum Gasteiger partial charge on any atom is -0.461 e. The lowest BCUT2D eigenvalue weighted by Crippen LogP contribution is -2.33. The number of benzene rings is 1. The number of nitrogens with one attached hydrogen (secondary N) is 1. The predicted octanol–water partition coefficient (Wildman–Crippen LogP) is 4.77. The third kappa shape index (κ3) is 3.06. The summed E-state index contributed by atoms with van der Waals surface area (Å²) in [4.78, 5) is 0. The molecule has 2 nitrogen and oxygen atoms in total. The third-order valence-corrected chi connectivity index (χ3v) is 4.55. The molecule has 110 valence electrons. The molecule has 0 saturated heterocycles. The maximum atomic E-state index is 5.94. The topological polar surface area (TPSA) is 25.2 Å². The van der Waals surface area contributed by atoms with Gasteiger partial charge in [-0.1, -0.05) is 52.8 Å². The van der Waals surface area contributed by atoms with Gasteiger partial charge in [-0.2, -0.15) is 0 Å². The van der Waals surface area contributed by atoms with E-state index in [-0.39, 0.29) is 0 Å². The first-order chi connectivity index (χ1) is 9.45. The molecule has 0 unspecified atom stereocenters. The van der Waals surface area contributed by atoms with Gasteiger partial charge in [-0.15, -0.1) is 0 Å². The molecule has 0 saturated carbocycles. The van der Waals surface area contributed by atoms with Crippen LogP contribution in [0, 0.1) is 11.3 Å². The lowest BCUT2D eigenvalue weighted by Gasteiger charge is -2.29. The molecule has 0 radical (unpaired) electrons. The molecule has 2 rings (SSSR count). The molecule has 0 spiro atoms. The summed E-state index contributed by atoms with van der Waals surface area (Å²) < 4.78 is 5.94. The van der Waals surface area contributed by atoms with Gasteiger partial charge in [-0.05, 0) is 17.4 Å². The van der Waals surface area contributed by atoms with Crippen LogP contribution in [-0.4, -0.2) is 6.54 Å². The minimum atomic E-state index is 0.311. The van der Waals surface area contributed by atoms with Gasteiger partial charge in [-0.25, -0.2) is 0 Å². The number of hydrogen-bond acceptors (Lipinski definition) is 2. The van der Waals surface area contributed by atoms with Gasteiger partial charge in [0.1, 0.15) is 11.3 Å². The lowest BCUT2D eigenvalue weighted by molar-refractivity contribution is 0.237. The van der Waals surface area contributed by atoms with Crippen molar-refractivity contribution in [3.8, 4) is 0 Å². The fourth-order valence-corrected chi connectivity index (χ4v) is 2.34. The van der Waals surface area contributed by atoms with Crippen LogP contribution in [0.5, 0.6) is 0 Å². The molecule has 1 aromatic carbocycles. The molecular formula is C18H27NO. The Morgan fingerprint density at radius 3 is 2.55 bits per heavy atom. The summed E-state index contributed by atoms with van der Waals surface area (Å²) in [6.07, 6.45) is 0.944. The molecule has 0 atom stereocenters. The molecule has 0 aliphatic heterocycles. The van der Waals surface area contributed by atoms with Crippen molar-refractivity contribution < 1.29 is 4.42 Å². The average Bonchev–Trinajstić information content (AvgIpc) is 2.77. The van der Waals surface area contributed by atoms with Gasteiger partial charge in [0.05, 0.1) is 0 Å². The molecule has 2 aromatic rings. The van der Waals surface area contributed by atoms with Crippen LogP contribution in [0.25, 0.3) is 11.0 Å². The summed E-state index contributed by atoms with van der Waals surface area (Å²) in [5.74, 6) is 1.78. The summed E-state index contributed by atoms with van der Waals surface area (Å²) in [6.45, 7) is 13.3. The highest BCUT2D eigenvalue weighted by molar-refractivity contribution is 5.82. The molecule has 0 amide bonds. The van der Waals surface area contributed by atoms with E-state index < -0.39 is 0 Å². The zero-order valence-electron chi connectivity index (χ0n) is 13.4. The van der Waals surface area contributed by atoms with Crippen molar-refractivity contribution in [1.82, 2.24) is 5.32 Å². The van der Waals surface area contributed by atoms with Crippen molar-refractivity contribution in [2.45, 2.75) is 47.6 Å². The van der Waals surface area contributed by atoms with E-state index in [1.54, 1.807) is 0 Å². The Balaban J connectivity index is 2.13. The highest BCUT2D eigenvalue weighted by atomic mass is 16.3. The summed E-state index contributed by atoms with van der Waals surface area (Å²) in [5.41, 5.74) is 2.64. The molecule has 2 heteroatoms. The number of rotatable bonds is 6. The second-order valence-corrected chi connectivity index (χ2v) is 6.60. The van der Waals surface area contributed by atoms with Gasteiger partial charge in [0.25, 0.3) is 0 Å². The van der Waals surface area contributed by atoms with Crippen molar-refractivity contribution in [1.29, 1.82) is 0 Å². The molecule has 0 aliphatic rings. The largest absolute Gasteiger partial charge is 0.461 e. The smallest absolute Gasteiger partial charge is 0.134 e. The Bertz CT molecular complexity index is 566. The Labute approximate surface area is 122 Å². The van der Waals surface area contributed by atoms with Crippen LogP contribution < -0.4 is 5.32 Å². The van der Waals surface area contributed by atoms with E-state index in [4.69, 9.17) is 4.42 Å². The third-order valence-electron chi connectivity index (χ3n) is 4.55. The van der Waals surface area contributed by atoms with Crippen LogP contribution in [0.4, 0.5) is 0 Å². The highest BCUT2D eigenvalue weighted by Crippen LogP contribution is 2.28. The maximum Gasteiger partial charge on any atom is 0.134 e. The van der Waals surface area contributed by atoms with Crippen molar-refractivity contribution in [3.05, 3.63) is 35.6 Å². The Morgan fingerprint density at radius 2 is 1.90 bits per heavy atom. The van der Waals surface area contributed by atoms with E-state index in [0.29, 0.717) is 11.3 Å². The first-order valence-electron chi connectivity index (χ1n) is 7.65. The first kappa shape index (κ1) is 15.1. The van der Waals surface area contributed by atoms with Gasteiger partial charge < -0.3 is 9.73 Å². The highest BCUT2D eigenvalue weighted by Gasteiger charge is 2.22. The number of aryl methyl sites for hydroxylation is 1. The minimum absolute atomic E-state index is 0.311. The molecule has 1 heterocycles. The Morgan fingerprint density at radius 1 is 1.20 bits per heavy atom. The molecule has 0 bridgehead atoms. The molecule has 1 aromatic heterocycles. The summed E-state index contributed by atoms with van der Waals surface area (Å²) >= 11 is 0. The van der Waals surface area contributed by atoms with E-state index in [1.165, 1.54) is 10.9 Å². The quantitative estimate of drug-likeness (QED) is 0.820. The van der Waals surface area contributed by atoms with Gasteiger partial charge >= 0.3 is 0 Å². The SMILES string of the molecule is CCc1oc2ccccc2c1CNCC(C)(C)C(C)C. The Kier molecular flexibility index (Phi) is 4.54. The molecular weight excluding hydrogens is 246 g/mol. The van der Waals surface area contributed by atoms with Crippen LogP contribution in [0.1, 0.15) is 45.9 Å². The first-order valence-corrected chi connectivity index (χ1v) is 7.65. The van der Waals surface area contributed by atoms with E-state index >= 15 is 0 Å². The van der Waals surface area contributed by atoms with Crippen molar-refractivity contribution >= 4 is 11.0 Å². The summed E-state index contributed by atoms with van der Waals surface area (Å²) in [7, 11) is 0. The van der Waals surface area contributed by atoms with E-state index in [1.807, 2.05) is 6.07 Å². The van der Waals surface area contributed by atoms with Gasteiger partial charge in [-0.3, -0.25) is 0 Å². The number of para-hydroxylation sites is 1. The van der Waals surface area contributed by atoms with Crippen LogP contribution in [0.3, 0.4) is 0 Å². The molecule has 0 fully saturated rings. The van der Waals surface area contributed by atoms with Crippen LogP contribution in [0.15, 0.2) is 28.7 Å². The van der Waals surface area contributed by atoms with Crippen LogP contribution in [-0.2, 0) is 13.0 Å². The zero-order valence-corrected chi connectivity index (χ0v) is 13.4. The molecule has 0 aliphatic carbocycles. The van der Waals surface area contributed by atoms with Crippen molar-refractivity contribution in [2.75, 3.05) is 6.54 Å². The zero-order chi connectivity index (χ0) is 14.8. The Hall–Kier alpha value is -1.28. The fourth-order valence-electron chi connectivity index (χ4n) is 2.34. The number of hydrogen-bond donors (Lipinski definition) is 1. The normalized spacial score (nSPS) is 12.5. The van der Waals surface area contributed by atoms with Gasteiger partial charge in [0.2, 0.25) is 0 Å². The van der Waals surface area contributed by atoms with E-state index in [9.17, 15) is 0 Å². The van der Waals surface area contributed by atoms with Gasteiger partial charge in [0.15, 0.2) is 0 Å². The second-order valence-electron chi connectivity index (χ2n) is 6.60. The van der Waals surface area contributed by atoms with Crippen LogP contribution in [0.2, 0.25) is 0 Å². The van der Waals surface area contributed by atoms with E-state index in [2.05, 4.69) is 58.1 Å². The van der Waals surface area contributed by atoms with Crippen LogP contribution >= 0.6 is 0 Å². The van der Waals surface area contributed by atoms with Crippen molar-refractivity contribution in [2.24, 2.45) is 11.3 Å². The number of fused-ring (bicyclic) bond motifs is 1. The molecule has 20 heavy (non-hydrogen) atoms. The summed E-state index contributed by atoms with van der Waals surface area (Å²) in [6, 6.07) is 8.32. The molecule has 1 N–H and O–H groups in total. The maximum absolute atomic E-state index is 5.94. The predicted molar refractivity (Wildman–Crippen MR) is 85.9 cm³/mol. The monoisotopic (exact) mass is 273 g/mol. The second kappa shape index (κ2) is 6.01. The fraction of sp³-hybridized carbons (Fsp3) is 0.556.